The highest BCUT2D eigenvalue weighted by molar-refractivity contribution is 5.92. The molecule has 1 aliphatic rings. The van der Waals surface area contributed by atoms with Crippen LogP contribution in [0.25, 0.3) is 22.3 Å². The molecule has 11 heteroatoms. The van der Waals surface area contributed by atoms with Crippen LogP contribution in [-0.2, 0) is 31.4 Å². The molecule has 1 atom stereocenters. The fourth-order valence-corrected chi connectivity index (χ4v) is 4.87. The Labute approximate surface area is 234 Å². The lowest BCUT2D eigenvalue weighted by Gasteiger charge is -2.27. The number of nitrogens with zero attached hydrogens (tertiary/aromatic N) is 5. The van der Waals surface area contributed by atoms with Gasteiger partial charge in [0.25, 0.3) is 0 Å². The number of imidazole rings is 1. The van der Waals surface area contributed by atoms with Crippen LogP contribution in [0, 0.1) is 18.6 Å². The van der Waals surface area contributed by atoms with Crippen molar-refractivity contribution in [3.05, 3.63) is 94.6 Å². The molecule has 41 heavy (non-hydrogen) atoms. The van der Waals surface area contributed by atoms with Gasteiger partial charge in [-0.2, -0.15) is 5.10 Å². The summed E-state index contributed by atoms with van der Waals surface area (Å²) in [5.74, 6) is -1.54. The summed E-state index contributed by atoms with van der Waals surface area (Å²) < 4.78 is 45.7. The molecule has 6 rings (SSSR count). The van der Waals surface area contributed by atoms with Gasteiger partial charge in [-0.25, -0.2) is 23.5 Å². The van der Waals surface area contributed by atoms with Gasteiger partial charge in [-0.1, -0.05) is 6.07 Å². The van der Waals surface area contributed by atoms with Gasteiger partial charge >= 0.3 is 5.97 Å². The molecule has 1 saturated heterocycles. The Bertz CT molecular complexity index is 1760. The molecule has 2 aromatic carbocycles. The van der Waals surface area contributed by atoms with E-state index in [-0.39, 0.29) is 47.4 Å². The van der Waals surface area contributed by atoms with Crippen LogP contribution >= 0.6 is 0 Å². The first-order valence-electron chi connectivity index (χ1n) is 13.2. The lowest BCUT2D eigenvalue weighted by atomic mass is 10.0. The van der Waals surface area contributed by atoms with E-state index < -0.39 is 17.6 Å². The predicted octanol–water partition coefficient (Wildman–Crippen LogP) is 5.08. The predicted molar refractivity (Wildman–Crippen MR) is 146 cm³/mol. The van der Waals surface area contributed by atoms with Crippen molar-refractivity contribution in [2.45, 2.75) is 39.0 Å². The monoisotopic (exact) mass is 559 g/mol. The summed E-state index contributed by atoms with van der Waals surface area (Å²) in [4.78, 5) is 20.5. The summed E-state index contributed by atoms with van der Waals surface area (Å²) in [7, 11) is 1.84. The number of aryl methyl sites for hydroxylation is 2. The van der Waals surface area contributed by atoms with Gasteiger partial charge in [-0.15, -0.1) is 0 Å². The molecule has 1 N–H and O–H groups in total. The number of benzene rings is 2. The first-order chi connectivity index (χ1) is 19.7. The van der Waals surface area contributed by atoms with E-state index >= 15 is 8.78 Å². The number of carboxylic acid groups (broad SMARTS) is 1. The molecular weight excluding hydrogens is 532 g/mol. The molecule has 1 unspecified atom stereocenters. The summed E-state index contributed by atoms with van der Waals surface area (Å²) in [5, 5.41) is 13.8. The first kappa shape index (κ1) is 26.6. The molecule has 0 spiro atoms. The van der Waals surface area contributed by atoms with Gasteiger partial charge in [0.1, 0.15) is 29.8 Å². The number of hydrogen-bond donors (Lipinski definition) is 1. The normalized spacial score (nSPS) is 14.8. The zero-order valence-electron chi connectivity index (χ0n) is 22.5. The van der Waals surface area contributed by atoms with Crippen LogP contribution in [0.2, 0.25) is 0 Å². The third-order valence-corrected chi connectivity index (χ3v) is 7.27. The van der Waals surface area contributed by atoms with Crippen molar-refractivity contribution in [3.8, 4) is 17.1 Å². The summed E-state index contributed by atoms with van der Waals surface area (Å²) in [5.41, 5.74) is 3.38. The third-order valence-electron chi connectivity index (χ3n) is 7.27. The van der Waals surface area contributed by atoms with Crippen molar-refractivity contribution < 1.29 is 28.2 Å². The number of rotatable bonds is 9. The maximum absolute atomic E-state index is 15.4. The highest BCUT2D eigenvalue weighted by Crippen LogP contribution is 2.29. The quantitative estimate of drug-likeness (QED) is 0.269. The molecule has 1 fully saturated rings. The number of pyridine rings is 1. The molecule has 9 nitrogen and oxygen atoms in total. The number of ether oxygens (including phenoxy) is 2. The number of fused-ring (bicyclic) bond motifs is 1. The van der Waals surface area contributed by atoms with Crippen LogP contribution in [0.5, 0.6) is 5.88 Å². The number of halogens is 2. The van der Waals surface area contributed by atoms with E-state index in [1.807, 2.05) is 24.6 Å². The van der Waals surface area contributed by atoms with E-state index in [0.717, 1.165) is 29.9 Å². The molecule has 0 bridgehead atoms. The second kappa shape index (κ2) is 10.7. The molecule has 3 aromatic heterocycles. The molecule has 0 radical (unpaired) electrons. The molecule has 0 amide bonds. The van der Waals surface area contributed by atoms with E-state index in [1.54, 1.807) is 35.0 Å². The van der Waals surface area contributed by atoms with Crippen molar-refractivity contribution in [2.75, 3.05) is 6.61 Å². The van der Waals surface area contributed by atoms with Gasteiger partial charge in [0.15, 0.2) is 0 Å². The van der Waals surface area contributed by atoms with E-state index in [1.165, 1.54) is 6.07 Å². The Balaban J connectivity index is 1.27. The Hall–Kier alpha value is -4.64. The third kappa shape index (κ3) is 5.40. The van der Waals surface area contributed by atoms with E-state index in [4.69, 9.17) is 9.47 Å². The van der Waals surface area contributed by atoms with Crippen LogP contribution in [0.15, 0.2) is 54.6 Å². The minimum absolute atomic E-state index is 0.00686. The van der Waals surface area contributed by atoms with Gasteiger partial charge in [-0.3, -0.25) is 4.68 Å². The van der Waals surface area contributed by atoms with E-state index in [9.17, 15) is 9.90 Å². The molecule has 0 aliphatic carbocycles. The fraction of sp³-hybridized carbons (Fsp3) is 0.267. The highest BCUT2D eigenvalue weighted by atomic mass is 19.1. The Morgan fingerprint density at radius 1 is 1.12 bits per heavy atom. The summed E-state index contributed by atoms with van der Waals surface area (Å²) in [6.07, 6.45) is 0.811. The minimum atomic E-state index is -1.06. The Morgan fingerprint density at radius 2 is 1.95 bits per heavy atom. The minimum Gasteiger partial charge on any atom is -0.478 e. The van der Waals surface area contributed by atoms with Crippen molar-refractivity contribution in [2.24, 2.45) is 7.05 Å². The van der Waals surface area contributed by atoms with Crippen molar-refractivity contribution in [3.63, 3.8) is 0 Å². The van der Waals surface area contributed by atoms with Gasteiger partial charge in [-0.05, 0) is 61.4 Å². The number of carboxylic acids is 1. The van der Waals surface area contributed by atoms with Crippen molar-refractivity contribution in [1.29, 1.82) is 0 Å². The lowest BCUT2D eigenvalue weighted by Crippen LogP contribution is -2.31. The van der Waals surface area contributed by atoms with Gasteiger partial charge < -0.3 is 19.1 Å². The number of carbonyl (C=O) groups is 1. The number of hydrogen-bond acceptors (Lipinski definition) is 6. The smallest absolute Gasteiger partial charge is 0.335 e. The van der Waals surface area contributed by atoms with Crippen LogP contribution in [0.3, 0.4) is 0 Å². The molecule has 5 aromatic rings. The Morgan fingerprint density at radius 3 is 2.66 bits per heavy atom. The molecule has 4 heterocycles. The van der Waals surface area contributed by atoms with Crippen LogP contribution in [0.1, 0.15) is 39.6 Å². The van der Waals surface area contributed by atoms with E-state index in [2.05, 4.69) is 15.1 Å². The molecule has 1 aliphatic heterocycles. The zero-order chi connectivity index (χ0) is 28.7. The lowest BCUT2D eigenvalue weighted by molar-refractivity contribution is -0.0589. The SMILES string of the molecule is Cc1cc(COc2cccc(-c3cc(F)c(Cc4nc5ccc(C(=O)O)cc5n4CC4CCO4)cc3F)n2)nn1C. The summed E-state index contributed by atoms with van der Waals surface area (Å²) >= 11 is 0. The first-order valence-corrected chi connectivity index (χ1v) is 13.2. The Kier molecular flexibility index (Phi) is 6.96. The maximum Gasteiger partial charge on any atom is 0.335 e. The van der Waals surface area contributed by atoms with Gasteiger partial charge in [0, 0.05) is 37.4 Å². The van der Waals surface area contributed by atoms with Gasteiger partial charge in [0.2, 0.25) is 5.88 Å². The number of aromatic carboxylic acids is 1. The second-order valence-electron chi connectivity index (χ2n) is 10.1. The van der Waals surface area contributed by atoms with Crippen LogP contribution in [-0.4, -0.2) is 48.1 Å². The standard InChI is InChI=1S/C30H27F2N5O4/c1-17-10-20(35-36(17)2)16-41-29-5-3-4-25(34-29)22-14-23(31)19(11-24(22)32)13-28-33-26-7-6-18(30(38)39)12-27(26)37(28)15-21-8-9-40-21/h3-7,10-12,14,21H,8-9,13,15-16H2,1-2H3,(H,38,39). The van der Waals surface area contributed by atoms with Gasteiger partial charge in [0.05, 0.1) is 34.9 Å². The largest absolute Gasteiger partial charge is 0.478 e. The zero-order valence-corrected chi connectivity index (χ0v) is 22.5. The molecule has 210 valence electrons. The highest BCUT2D eigenvalue weighted by Gasteiger charge is 2.23. The fourth-order valence-electron chi connectivity index (χ4n) is 4.87. The summed E-state index contributed by atoms with van der Waals surface area (Å²) in [6.45, 7) is 3.21. The average Bonchev–Trinajstić information content (AvgIpc) is 3.44. The topological polar surface area (TPSA) is 104 Å². The maximum atomic E-state index is 15.4. The van der Waals surface area contributed by atoms with E-state index in [0.29, 0.717) is 30.0 Å². The second-order valence-corrected chi connectivity index (χ2v) is 10.1. The molecule has 0 saturated carbocycles. The van der Waals surface area contributed by atoms with Crippen molar-refractivity contribution >= 4 is 17.0 Å². The summed E-state index contributed by atoms with van der Waals surface area (Å²) in [6, 6.07) is 13.7. The number of aromatic nitrogens is 5. The van der Waals surface area contributed by atoms with Crippen LogP contribution in [0.4, 0.5) is 8.78 Å². The van der Waals surface area contributed by atoms with Crippen molar-refractivity contribution in [1.82, 2.24) is 24.3 Å². The molecular formula is C30H27F2N5O4. The van der Waals surface area contributed by atoms with Crippen LogP contribution < -0.4 is 4.74 Å². The average molecular weight is 560 g/mol.